The Balaban J connectivity index is 1.24. The summed E-state index contributed by atoms with van der Waals surface area (Å²) in [6, 6.07) is 31.8. The number of hydrogen-bond donors (Lipinski definition) is 2. The van der Waals surface area contributed by atoms with Gasteiger partial charge in [-0.15, -0.1) is 0 Å². The quantitative estimate of drug-likeness (QED) is 0.238. The third kappa shape index (κ3) is 6.36. The standard InChI is InChI=1S/C44H50N4O6Si/c1-29-42(55(3,4)36-17-15-35(53-2)16-18-36)39(24-40(50)47-27-32-13-9-8-12-31(32)22-34(47)28-49)54-44(29)37-23-33(46-21-20-45-25-41(46)51)14-19-38(37)48(43(44)52)26-30-10-6-5-7-11-30/h5-19,23,29,34,39,42,45,49H,20-22,24-28H2,1-4H3/t29-,34-,39+,42-,44+/m0/s1. The van der Waals surface area contributed by atoms with Crippen LogP contribution in [0.15, 0.2) is 97.1 Å². The average Bonchev–Trinajstić information content (AvgIpc) is 3.63. The lowest BCUT2D eigenvalue weighted by Crippen LogP contribution is -2.52. The molecule has 4 aromatic rings. The number of nitrogens with zero attached hydrogens (tertiary/aromatic N) is 3. The summed E-state index contributed by atoms with van der Waals surface area (Å²) < 4.78 is 12.9. The topological polar surface area (TPSA) is 112 Å². The van der Waals surface area contributed by atoms with Crippen molar-refractivity contribution < 1.29 is 29.0 Å². The number of benzene rings is 4. The van der Waals surface area contributed by atoms with Crippen molar-refractivity contribution in [3.05, 3.63) is 119 Å². The number of amides is 3. The van der Waals surface area contributed by atoms with Gasteiger partial charge < -0.3 is 34.6 Å². The monoisotopic (exact) mass is 758 g/mol. The van der Waals surface area contributed by atoms with Gasteiger partial charge in [0.2, 0.25) is 11.8 Å². The van der Waals surface area contributed by atoms with Crippen LogP contribution in [-0.2, 0) is 44.2 Å². The van der Waals surface area contributed by atoms with E-state index in [4.69, 9.17) is 9.47 Å². The predicted molar refractivity (Wildman–Crippen MR) is 215 cm³/mol. The lowest BCUT2D eigenvalue weighted by atomic mass is 9.82. The van der Waals surface area contributed by atoms with Crippen molar-refractivity contribution in [1.29, 1.82) is 0 Å². The molecule has 0 saturated carbocycles. The Labute approximate surface area is 324 Å². The van der Waals surface area contributed by atoms with Gasteiger partial charge in [-0.3, -0.25) is 14.4 Å². The van der Waals surface area contributed by atoms with Gasteiger partial charge in [0.05, 0.1) is 59.1 Å². The molecular weight excluding hydrogens is 709 g/mol. The van der Waals surface area contributed by atoms with Gasteiger partial charge in [-0.05, 0) is 59.0 Å². The summed E-state index contributed by atoms with van der Waals surface area (Å²) in [5.41, 5.74) is 3.89. The third-order valence-corrected chi connectivity index (χ3v) is 17.0. The van der Waals surface area contributed by atoms with E-state index in [0.717, 1.165) is 39.4 Å². The van der Waals surface area contributed by atoms with E-state index in [1.807, 2.05) is 83.8 Å². The minimum atomic E-state index is -2.55. The van der Waals surface area contributed by atoms with E-state index >= 15 is 4.79 Å². The molecule has 3 amide bonds. The normalized spacial score (nSPS) is 25.0. The molecule has 0 unspecified atom stereocenters. The SMILES string of the molecule is COc1ccc([Si](C)(C)[C@@H]2[C@@H](CC(=O)N3Cc4ccccc4C[C@H]3CO)O[C@]3(C(=O)N(Cc4ccccc4)c4ccc(N5CCNCC5=O)cc43)[C@H]2C)cc1. The summed E-state index contributed by atoms with van der Waals surface area (Å²) in [5.74, 6) is 0.161. The molecule has 10 nitrogen and oxygen atoms in total. The number of piperazine rings is 1. The van der Waals surface area contributed by atoms with Crippen LogP contribution in [0.2, 0.25) is 18.6 Å². The highest BCUT2D eigenvalue weighted by molar-refractivity contribution is 6.91. The van der Waals surface area contributed by atoms with Gasteiger partial charge in [0, 0.05) is 36.8 Å². The van der Waals surface area contributed by atoms with Crippen LogP contribution in [0, 0.1) is 5.92 Å². The highest BCUT2D eigenvalue weighted by Crippen LogP contribution is 2.60. The highest BCUT2D eigenvalue weighted by Gasteiger charge is 2.66. The minimum Gasteiger partial charge on any atom is -0.497 e. The van der Waals surface area contributed by atoms with Gasteiger partial charge in [0.1, 0.15) is 5.75 Å². The molecule has 0 radical (unpaired) electrons. The van der Waals surface area contributed by atoms with Crippen molar-refractivity contribution in [2.45, 2.75) is 69.2 Å². The lowest BCUT2D eigenvalue weighted by molar-refractivity contribution is -0.151. The van der Waals surface area contributed by atoms with Crippen molar-refractivity contribution >= 4 is 42.4 Å². The molecule has 11 heteroatoms. The second-order valence-corrected chi connectivity index (χ2v) is 20.7. The number of nitrogens with one attached hydrogen (secondary N) is 1. The summed E-state index contributed by atoms with van der Waals surface area (Å²) in [6.45, 7) is 8.80. The Morgan fingerprint density at radius 1 is 0.982 bits per heavy atom. The van der Waals surface area contributed by atoms with Crippen molar-refractivity contribution in [2.24, 2.45) is 5.92 Å². The van der Waals surface area contributed by atoms with Crippen molar-refractivity contribution in [3.63, 3.8) is 0 Å². The first-order valence-corrected chi connectivity index (χ1v) is 22.5. The molecule has 55 heavy (non-hydrogen) atoms. The first-order chi connectivity index (χ1) is 26.6. The highest BCUT2D eigenvalue weighted by atomic mass is 28.3. The Kier molecular flexibility index (Phi) is 9.91. The Morgan fingerprint density at radius 3 is 2.42 bits per heavy atom. The van der Waals surface area contributed by atoms with E-state index < -0.39 is 19.8 Å². The van der Waals surface area contributed by atoms with E-state index in [1.54, 1.807) is 16.9 Å². The molecule has 4 heterocycles. The van der Waals surface area contributed by atoms with Crippen LogP contribution in [0.25, 0.3) is 0 Å². The van der Waals surface area contributed by atoms with Crippen LogP contribution < -0.4 is 25.0 Å². The lowest BCUT2D eigenvalue weighted by Gasteiger charge is -2.39. The van der Waals surface area contributed by atoms with Gasteiger partial charge in [0.25, 0.3) is 5.91 Å². The van der Waals surface area contributed by atoms with Gasteiger partial charge in [-0.25, -0.2) is 0 Å². The zero-order valence-electron chi connectivity index (χ0n) is 32.0. The Morgan fingerprint density at radius 2 is 1.71 bits per heavy atom. The summed E-state index contributed by atoms with van der Waals surface area (Å²) in [5, 5.41) is 14.9. The number of ether oxygens (including phenoxy) is 2. The molecule has 8 rings (SSSR count). The molecule has 0 aliphatic carbocycles. The fraction of sp³-hybridized carbons (Fsp3) is 0.386. The maximum atomic E-state index is 15.4. The molecule has 2 fully saturated rings. The van der Waals surface area contributed by atoms with Gasteiger partial charge in [-0.1, -0.05) is 91.9 Å². The number of anilines is 2. The Hall–Kier alpha value is -4.81. The van der Waals surface area contributed by atoms with Gasteiger partial charge >= 0.3 is 0 Å². The van der Waals surface area contributed by atoms with Crippen molar-refractivity contribution in [3.8, 4) is 5.75 Å². The molecule has 286 valence electrons. The number of hydrogen-bond acceptors (Lipinski definition) is 7. The number of carbonyl (C=O) groups excluding carboxylic acids is 3. The number of carbonyl (C=O) groups is 3. The average molecular weight is 759 g/mol. The van der Waals surface area contributed by atoms with E-state index in [0.29, 0.717) is 32.6 Å². The van der Waals surface area contributed by atoms with Gasteiger partial charge in [0.15, 0.2) is 5.60 Å². The zero-order valence-corrected chi connectivity index (χ0v) is 33.0. The molecule has 4 aliphatic rings. The van der Waals surface area contributed by atoms with E-state index in [9.17, 15) is 14.7 Å². The smallest absolute Gasteiger partial charge is 0.264 e. The second-order valence-electron chi connectivity index (χ2n) is 16.0. The summed E-state index contributed by atoms with van der Waals surface area (Å²) >= 11 is 0. The molecule has 0 bridgehead atoms. The van der Waals surface area contributed by atoms with Crippen molar-refractivity contribution in [2.75, 3.05) is 43.2 Å². The zero-order chi connectivity index (χ0) is 38.5. The van der Waals surface area contributed by atoms with E-state index in [-0.39, 0.29) is 54.8 Å². The van der Waals surface area contributed by atoms with Crippen LogP contribution in [-0.4, -0.2) is 81.3 Å². The molecule has 1 spiro atoms. The molecular formula is C44H50N4O6Si. The predicted octanol–water partition coefficient (Wildman–Crippen LogP) is 4.73. The molecule has 2 N–H and O–H groups in total. The fourth-order valence-corrected chi connectivity index (χ4v) is 13.8. The van der Waals surface area contributed by atoms with E-state index in [1.165, 1.54) is 5.19 Å². The van der Waals surface area contributed by atoms with Crippen LogP contribution in [0.1, 0.15) is 35.6 Å². The number of fused-ring (bicyclic) bond motifs is 3. The third-order valence-electron chi connectivity index (χ3n) is 12.7. The first kappa shape index (κ1) is 37.1. The van der Waals surface area contributed by atoms with Crippen LogP contribution in [0.3, 0.4) is 0 Å². The molecule has 0 aromatic heterocycles. The van der Waals surface area contributed by atoms with Crippen LogP contribution in [0.5, 0.6) is 5.75 Å². The summed E-state index contributed by atoms with van der Waals surface area (Å²) in [7, 11) is -0.895. The van der Waals surface area contributed by atoms with Crippen LogP contribution >= 0.6 is 0 Å². The number of rotatable bonds is 9. The summed E-state index contributed by atoms with van der Waals surface area (Å²) in [6.07, 6.45) is 0.0492. The molecule has 4 aliphatic heterocycles. The number of aliphatic hydroxyl groups is 1. The molecule has 2 saturated heterocycles. The summed E-state index contributed by atoms with van der Waals surface area (Å²) in [4.78, 5) is 48.6. The second kappa shape index (κ2) is 14.7. The molecule has 5 atom stereocenters. The minimum absolute atomic E-state index is 0.0259. The van der Waals surface area contributed by atoms with E-state index in [2.05, 4.69) is 43.5 Å². The maximum absolute atomic E-state index is 15.4. The van der Waals surface area contributed by atoms with Crippen molar-refractivity contribution in [1.82, 2.24) is 10.2 Å². The first-order valence-electron chi connectivity index (χ1n) is 19.4. The van der Waals surface area contributed by atoms with Crippen LogP contribution in [0.4, 0.5) is 11.4 Å². The number of methoxy groups -OCH3 is 1. The fourth-order valence-electron chi connectivity index (χ4n) is 9.80. The maximum Gasteiger partial charge on any atom is 0.264 e. The molecule has 4 aromatic carbocycles. The Bertz CT molecular complexity index is 2090. The number of aliphatic hydroxyl groups excluding tert-OH is 1. The van der Waals surface area contributed by atoms with Gasteiger partial charge in [-0.2, -0.15) is 0 Å². The largest absolute Gasteiger partial charge is 0.497 e.